The number of aromatic nitrogens is 2. The van der Waals surface area contributed by atoms with Crippen LogP contribution in [0.5, 0.6) is 0 Å². The Labute approximate surface area is 173 Å². The third-order valence-corrected chi connectivity index (χ3v) is 6.48. The number of carbonyl (C=O) groups is 1. The third kappa shape index (κ3) is 5.91. The lowest BCUT2D eigenvalue weighted by Gasteiger charge is -2.05. The summed E-state index contributed by atoms with van der Waals surface area (Å²) in [7, 11) is -3.56. The monoisotopic (exact) mass is 431 g/mol. The SMILES string of the molecule is CSc1cccc(NC(=O)CCc2nc(CS(=O)(=O)c3ccc(C)cc3)no2)c1. The molecule has 0 aliphatic carbocycles. The lowest BCUT2D eigenvalue weighted by Crippen LogP contribution is -2.12. The van der Waals surface area contributed by atoms with E-state index in [9.17, 15) is 13.2 Å². The molecule has 0 unspecified atom stereocenters. The molecule has 0 aliphatic rings. The minimum Gasteiger partial charge on any atom is -0.339 e. The Balaban J connectivity index is 1.56. The Morgan fingerprint density at radius 1 is 1.17 bits per heavy atom. The minimum absolute atomic E-state index is 0.0775. The topological polar surface area (TPSA) is 102 Å². The number of nitrogens with zero attached hydrogens (tertiary/aromatic N) is 2. The van der Waals surface area contributed by atoms with Gasteiger partial charge < -0.3 is 9.84 Å². The van der Waals surface area contributed by atoms with Gasteiger partial charge in [-0.1, -0.05) is 28.9 Å². The number of aryl methyl sites for hydroxylation is 2. The van der Waals surface area contributed by atoms with Crippen LogP contribution in [-0.2, 0) is 26.8 Å². The van der Waals surface area contributed by atoms with Crippen molar-refractivity contribution < 1.29 is 17.7 Å². The van der Waals surface area contributed by atoms with Crippen LogP contribution in [0.3, 0.4) is 0 Å². The summed E-state index contributed by atoms with van der Waals surface area (Å²) < 4.78 is 30.0. The van der Waals surface area contributed by atoms with Crippen molar-refractivity contribution in [1.29, 1.82) is 0 Å². The fourth-order valence-corrected chi connectivity index (χ4v) is 4.23. The van der Waals surface area contributed by atoms with Crippen LogP contribution < -0.4 is 5.32 Å². The highest BCUT2D eigenvalue weighted by Crippen LogP contribution is 2.19. The maximum Gasteiger partial charge on any atom is 0.227 e. The molecular formula is C20H21N3O4S2. The largest absolute Gasteiger partial charge is 0.339 e. The first-order valence-electron chi connectivity index (χ1n) is 8.90. The van der Waals surface area contributed by atoms with Crippen molar-refractivity contribution in [2.45, 2.75) is 35.3 Å². The van der Waals surface area contributed by atoms with Gasteiger partial charge in [0, 0.05) is 23.4 Å². The molecule has 0 radical (unpaired) electrons. The second-order valence-electron chi connectivity index (χ2n) is 6.46. The highest BCUT2D eigenvalue weighted by Gasteiger charge is 2.19. The zero-order valence-corrected chi connectivity index (χ0v) is 17.7. The lowest BCUT2D eigenvalue weighted by atomic mass is 10.2. The van der Waals surface area contributed by atoms with Crippen LogP contribution in [0.1, 0.15) is 23.7 Å². The van der Waals surface area contributed by atoms with Crippen molar-refractivity contribution in [3.8, 4) is 0 Å². The van der Waals surface area contributed by atoms with Gasteiger partial charge in [-0.15, -0.1) is 11.8 Å². The number of hydrogen-bond acceptors (Lipinski definition) is 7. The van der Waals surface area contributed by atoms with E-state index in [0.29, 0.717) is 0 Å². The molecule has 0 saturated heterocycles. The van der Waals surface area contributed by atoms with E-state index in [1.807, 2.05) is 37.4 Å². The predicted octanol–water partition coefficient (Wildman–Crippen LogP) is 3.65. The average Bonchev–Trinajstić information content (AvgIpc) is 3.13. The van der Waals surface area contributed by atoms with E-state index < -0.39 is 9.84 Å². The van der Waals surface area contributed by atoms with Gasteiger partial charge in [0.2, 0.25) is 11.8 Å². The summed E-state index contributed by atoms with van der Waals surface area (Å²) in [5, 5.41) is 6.55. The number of anilines is 1. The van der Waals surface area contributed by atoms with E-state index in [-0.39, 0.29) is 41.1 Å². The molecule has 2 aromatic carbocycles. The first-order valence-corrected chi connectivity index (χ1v) is 11.8. The number of thioether (sulfide) groups is 1. The molecule has 3 aromatic rings. The zero-order chi connectivity index (χ0) is 20.9. The number of hydrogen-bond donors (Lipinski definition) is 1. The van der Waals surface area contributed by atoms with Gasteiger partial charge in [-0.2, -0.15) is 4.98 Å². The summed E-state index contributed by atoms with van der Waals surface area (Å²) in [5.74, 6) is -0.233. The minimum atomic E-state index is -3.56. The number of benzene rings is 2. The molecule has 0 saturated carbocycles. The molecule has 0 bridgehead atoms. The van der Waals surface area contributed by atoms with Gasteiger partial charge in [0.05, 0.1) is 4.90 Å². The summed E-state index contributed by atoms with van der Waals surface area (Å²) in [5.41, 5.74) is 1.70. The first-order chi connectivity index (χ1) is 13.9. The lowest BCUT2D eigenvalue weighted by molar-refractivity contribution is -0.116. The Bertz CT molecular complexity index is 1090. The second kappa shape index (κ2) is 9.23. The summed E-state index contributed by atoms with van der Waals surface area (Å²) in [6.45, 7) is 1.89. The van der Waals surface area contributed by atoms with E-state index in [0.717, 1.165) is 16.1 Å². The molecule has 7 nitrogen and oxygen atoms in total. The van der Waals surface area contributed by atoms with Crippen LogP contribution in [0.25, 0.3) is 0 Å². The molecule has 29 heavy (non-hydrogen) atoms. The molecule has 3 rings (SSSR count). The van der Waals surface area contributed by atoms with Crippen molar-refractivity contribution >= 4 is 33.2 Å². The standard InChI is InChI=1S/C20H21N3O4S2/c1-14-6-8-17(9-7-14)29(25,26)13-18-22-20(27-23-18)11-10-19(24)21-15-4-3-5-16(12-15)28-2/h3-9,12H,10-11,13H2,1-2H3,(H,21,24). The average molecular weight is 432 g/mol. The van der Waals surface area contributed by atoms with Crippen molar-refractivity contribution in [2.24, 2.45) is 0 Å². The van der Waals surface area contributed by atoms with Gasteiger partial charge in [-0.25, -0.2) is 8.42 Å². The highest BCUT2D eigenvalue weighted by atomic mass is 32.2. The van der Waals surface area contributed by atoms with Crippen LogP contribution in [-0.4, -0.2) is 30.7 Å². The zero-order valence-electron chi connectivity index (χ0n) is 16.1. The van der Waals surface area contributed by atoms with Crippen molar-refractivity contribution in [3.05, 3.63) is 65.8 Å². The van der Waals surface area contributed by atoms with Crippen molar-refractivity contribution in [1.82, 2.24) is 10.1 Å². The molecular weight excluding hydrogens is 410 g/mol. The fraction of sp³-hybridized carbons (Fsp3) is 0.250. The Morgan fingerprint density at radius 3 is 2.66 bits per heavy atom. The van der Waals surface area contributed by atoms with Crippen LogP contribution >= 0.6 is 11.8 Å². The van der Waals surface area contributed by atoms with E-state index in [1.54, 1.807) is 36.0 Å². The summed E-state index contributed by atoms with van der Waals surface area (Å²) in [6, 6.07) is 14.1. The van der Waals surface area contributed by atoms with E-state index in [1.165, 1.54) is 0 Å². The summed E-state index contributed by atoms with van der Waals surface area (Å²) in [6.07, 6.45) is 2.34. The maximum absolute atomic E-state index is 12.5. The Kier molecular flexibility index (Phi) is 6.71. The summed E-state index contributed by atoms with van der Waals surface area (Å²) in [4.78, 5) is 17.5. The molecule has 1 N–H and O–H groups in total. The second-order valence-corrected chi connectivity index (χ2v) is 9.33. The Morgan fingerprint density at radius 2 is 1.93 bits per heavy atom. The number of carbonyl (C=O) groups excluding carboxylic acids is 1. The molecule has 152 valence electrons. The van der Waals surface area contributed by atoms with Crippen LogP contribution in [0, 0.1) is 6.92 Å². The van der Waals surface area contributed by atoms with Crippen molar-refractivity contribution in [3.63, 3.8) is 0 Å². The van der Waals surface area contributed by atoms with Gasteiger partial charge >= 0.3 is 0 Å². The number of amides is 1. The van der Waals surface area contributed by atoms with Gasteiger partial charge in [0.25, 0.3) is 0 Å². The highest BCUT2D eigenvalue weighted by molar-refractivity contribution is 7.98. The molecule has 1 amide bonds. The van der Waals surface area contributed by atoms with Crippen molar-refractivity contribution in [2.75, 3.05) is 11.6 Å². The van der Waals surface area contributed by atoms with Crippen LogP contribution in [0.2, 0.25) is 0 Å². The molecule has 1 heterocycles. The van der Waals surface area contributed by atoms with Gasteiger partial charge in [-0.05, 0) is 43.5 Å². The maximum atomic E-state index is 12.5. The van der Waals surface area contributed by atoms with E-state index in [2.05, 4.69) is 15.5 Å². The number of rotatable bonds is 8. The van der Waals surface area contributed by atoms with Crippen LogP contribution in [0.15, 0.2) is 62.8 Å². The fourth-order valence-electron chi connectivity index (χ4n) is 2.59. The summed E-state index contributed by atoms with van der Waals surface area (Å²) >= 11 is 1.59. The first kappa shape index (κ1) is 21.1. The van der Waals surface area contributed by atoms with Crippen LogP contribution in [0.4, 0.5) is 5.69 Å². The smallest absolute Gasteiger partial charge is 0.227 e. The molecule has 0 spiro atoms. The predicted molar refractivity (Wildman–Crippen MR) is 112 cm³/mol. The number of nitrogens with one attached hydrogen (secondary N) is 1. The Hall–Kier alpha value is -2.65. The normalized spacial score (nSPS) is 11.4. The number of sulfone groups is 1. The van der Waals surface area contributed by atoms with Gasteiger partial charge in [-0.3, -0.25) is 4.79 Å². The van der Waals surface area contributed by atoms with Gasteiger partial charge in [0.15, 0.2) is 15.7 Å². The van der Waals surface area contributed by atoms with E-state index in [4.69, 9.17) is 4.52 Å². The quantitative estimate of drug-likeness (QED) is 0.543. The molecule has 0 fully saturated rings. The molecule has 0 atom stereocenters. The molecule has 1 aromatic heterocycles. The molecule has 0 aliphatic heterocycles. The third-order valence-electron chi connectivity index (χ3n) is 4.13. The van der Waals surface area contributed by atoms with Gasteiger partial charge in [0.1, 0.15) is 5.75 Å². The van der Waals surface area contributed by atoms with E-state index >= 15 is 0 Å². The molecule has 9 heteroatoms.